The number of Topliss-reactive ketones (excluding diaryl/α,β-unsaturated/α-hetero) is 1. The maximum Gasteiger partial charge on any atom is 0.192 e. The van der Waals surface area contributed by atoms with E-state index in [1.165, 1.54) is 19.3 Å². The second kappa shape index (κ2) is 9.56. The van der Waals surface area contributed by atoms with Crippen LogP contribution in [0.5, 0.6) is 5.75 Å². The van der Waals surface area contributed by atoms with Crippen LogP contribution in [0, 0.1) is 6.92 Å². The zero-order valence-corrected chi connectivity index (χ0v) is 13.8. The number of methoxy groups -OCH3 is 1. The minimum atomic E-state index is -0.0211. The molecular weight excluding hydrogens is 264 g/mol. The van der Waals surface area contributed by atoms with Crippen LogP contribution in [0.15, 0.2) is 18.2 Å². The summed E-state index contributed by atoms with van der Waals surface area (Å²) < 4.78 is 10.9. The van der Waals surface area contributed by atoms with Crippen molar-refractivity contribution in [3.63, 3.8) is 0 Å². The zero-order chi connectivity index (χ0) is 15.7. The van der Waals surface area contributed by atoms with E-state index >= 15 is 0 Å². The molecule has 21 heavy (non-hydrogen) atoms. The Morgan fingerprint density at radius 3 is 2.67 bits per heavy atom. The highest BCUT2D eigenvalue weighted by Crippen LogP contribution is 2.20. The molecule has 1 aromatic carbocycles. The Morgan fingerprint density at radius 1 is 1.24 bits per heavy atom. The third-order valence-corrected chi connectivity index (χ3v) is 3.62. The summed E-state index contributed by atoms with van der Waals surface area (Å²) in [7, 11) is 1.59. The molecule has 0 amide bonds. The number of rotatable bonds is 10. The van der Waals surface area contributed by atoms with Gasteiger partial charge in [-0.25, -0.2) is 0 Å². The van der Waals surface area contributed by atoms with Gasteiger partial charge in [0.05, 0.1) is 18.8 Å². The minimum Gasteiger partial charge on any atom is -0.496 e. The molecular formula is C18H28O3. The molecule has 1 aromatic rings. The van der Waals surface area contributed by atoms with E-state index in [4.69, 9.17) is 9.47 Å². The molecule has 0 aliphatic heterocycles. The van der Waals surface area contributed by atoms with E-state index in [-0.39, 0.29) is 18.5 Å². The standard InChI is InChI=1S/C18H28O3/c1-5-6-7-8-9-15(3)21-13-17(19)16-11-10-14(2)12-18(16)20-4/h10-12,15H,5-9,13H2,1-4H3. The summed E-state index contributed by atoms with van der Waals surface area (Å²) in [5, 5.41) is 0. The second-order valence-corrected chi connectivity index (χ2v) is 5.60. The van der Waals surface area contributed by atoms with Crippen molar-refractivity contribution in [1.29, 1.82) is 0 Å². The Hall–Kier alpha value is -1.35. The lowest BCUT2D eigenvalue weighted by Gasteiger charge is -2.13. The average Bonchev–Trinajstić information content (AvgIpc) is 2.49. The highest BCUT2D eigenvalue weighted by Gasteiger charge is 2.14. The van der Waals surface area contributed by atoms with Crippen LogP contribution in [-0.2, 0) is 4.74 Å². The summed E-state index contributed by atoms with van der Waals surface area (Å²) in [6.45, 7) is 6.33. The molecule has 0 saturated carbocycles. The first kappa shape index (κ1) is 17.7. The summed E-state index contributed by atoms with van der Waals surface area (Å²) >= 11 is 0. The summed E-state index contributed by atoms with van der Waals surface area (Å²) in [5.74, 6) is 0.603. The maximum atomic E-state index is 12.2. The van der Waals surface area contributed by atoms with Gasteiger partial charge in [-0.05, 0) is 38.0 Å². The molecule has 0 saturated heterocycles. The number of hydrogen-bond donors (Lipinski definition) is 0. The largest absolute Gasteiger partial charge is 0.496 e. The van der Waals surface area contributed by atoms with Gasteiger partial charge in [0.1, 0.15) is 12.4 Å². The molecule has 0 aliphatic rings. The molecule has 0 spiro atoms. The number of ketones is 1. The van der Waals surface area contributed by atoms with Gasteiger partial charge >= 0.3 is 0 Å². The predicted molar refractivity (Wildman–Crippen MR) is 86.2 cm³/mol. The van der Waals surface area contributed by atoms with Crippen LogP contribution in [0.3, 0.4) is 0 Å². The van der Waals surface area contributed by atoms with E-state index in [1.807, 2.05) is 32.0 Å². The SMILES string of the molecule is CCCCCCC(C)OCC(=O)c1ccc(C)cc1OC. The smallest absolute Gasteiger partial charge is 0.192 e. The number of ether oxygens (including phenoxy) is 2. The molecule has 0 heterocycles. The van der Waals surface area contributed by atoms with Crippen molar-refractivity contribution in [2.24, 2.45) is 0 Å². The minimum absolute atomic E-state index is 0.0211. The molecule has 0 aromatic heterocycles. The predicted octanol–water partition coefficient (Wildman–Crippen LogP) is 4.56. The first-order valence-electron chi connectivity index (χ1n) is 7.88. The topological polar surface area (TPSA) is 35.5 Å². The summed E-state index contributed by atoms with van der Waals surface area (Å²) in [6, 6.07) is 5.61. The first-order valence-corrected chi connectivity index (χ1v) is 7.88. The van der Waals surface area contributed by atoms with E-state index in [0.717, 1.165) is 18.4 Å². The van der Waals surface area contributed by atoms with Crippen LogP contribution in [0.25, 0.3) is 0 Å². The monoisotopic (exact) mass is 292 g/mol. The zero-order valence-electron chi connectivity index (χ0n) is 13.8. The number of hydrogen-bond acceptors (Lipinski definition) is 3. The van der Waals surface area contributed by atoms with Gasteiger partial charge < -0.3 is 9.47 Å². The lowest BCUT2D eigenvalue weighted by molar-refractivity contribution is 0.0481. The Balaban J connectivity index is 2.43. The van der Waals surface area contributed by atoms with Crippen molar-refractivity contribution in [1.82, 2.24) is 0 Å². The third kappa shape index (κ3) is 6.30. The summed E-state index contributed by atoms with van der Waals surface area (Å²) in [6.07, 6.45) is 6.05. The van der Waals surface area contributed by atoms with Crippen molar-refractivity contribution >= 4 is 5.78 Å². The van der Waals surface area contributed by atoms with Crippen LogP contribution in [0.2, 0.25) is 0 Å². The molecule has 3 nitrogen and oxygen atoms in total. The fraction of sp³-hybridized carbons (Fsp3) is 0.611. The van der Waals surface area contributed by atoms with Crippen LogP contribution in [0.4, 0.5) is 0 Å². The van der Waals surface area contributed by atoms with Crippen LogP contribution < -0.4 is 4.74 Å². The van der Waals surface area contributed by atoms with Gasteiger partial charge in [-0.1, -0.05) is 38.7 Å². The van der Waals surface area contributed by atoms with Crippen LogP contribution >= 0.6 is 0 Å². The average molecular weight is 292 g/mol. The van der Waals surface area contributed by atoms with E-state index in [2.05, 4.69) is 6.92 Å². The van der Waals surface area contributed by atoms with Crippen molar-refractivity contribution in [3.05, 3.63) is 29.3 Å². The molecule has 0 N–H and O–H groups in total. The van der Waals surface area contributed by atoms with Crippen LogP contribution in [-0.4, -0.2) is 25.6 Å². The van der Waals surface area contributed by atoms with Gasteiger partial charge in [0, 0.05) is 0 Å². The number of aryl methyl sites for hydroxylation is 1. The Morgan fingerprint density at radius 2 is 2.00 bits per heavy atom. The second-order valence-electron chi connectivity index (χ2n) is 5.60. The third-order valence-electron chi connectivity index (χ3n) is 3.62. The van der Waals surface area contributed by atoms with E-state index < -0.39 is 0 Å². The summed E-state index contributed by atoms with van der Waals surface area (Å²) in [4.78, 5) is 12.2. The Labute approximate surface area is 128 Å². The van der Waals surface area contributed by atoms with Gasteiger partial charge in [-0.15, -0.1) is 0 Å². The normalized spacial score (nSPS) is 12.2. The Bertz CT molecular complexity index is 440. The van der Waals surface area contributed by atoms with Gasteiger partial charge in [-0.3, -0.25) is 4.79 Å². The molecule has 0 radical (unpaired) electrons. The van der Waals surface area contributed by atoms with Crippen LogP contribution in [0.1, 0.15) is 61.9 Å². The van der Waals surface area contributed by atoms with Crippen molar-refractivity contribution in [2.45, 2.75) is 59.0 Å². The highest BCUT2D eigenvalue weighted by atomic mass is 16.5. The molecule has 1 unspecified atom stereocenters. The van der Waals surface area contributed by atoms with Crippen molar-refractivity contribution < 1.29 is 14.3 Å². The molecule has 3 heteroatoms. The van der Waals surface area contributed by atoms with Gasteiger partial charge in [0.15, 0.2) is 5.78 Å². The maximum absolute atomic E-state index is 12.2. The fourth-order valence-corrected chi connectivity index (χ4v) is 2.27. The van der Waals surface area contributed by atoms with Crippen molar-refractivity contribution in [2.75, 3.05) is 13.7 Å². The lowest BCUT2D eigenvalue weighted by Crippen LogP contribution is -2.16. The highest BCUT2D eigenvalue weighted by molar-refractivity contribution is 5.99. The van der Waals surface area contributed by atoms with Gasteiger partial charge in [0.25, 0.3) is 0 Å². The number of carbonyl (C=O) groups excluding carboxylic acids is 1. The van der Waals surface area contributed by atoms with Gasteiger partial charge in [-0.2, -0.15) is 0 Å². The first-order chi connectivity index (χ1) is 10.1. The molecule has 118 valence electrons. The molecule has 0 aliphatic carbocycles. The van der Waals surface area contributed by atoms with Crippen molar-refractivity contribution in [3.8, 4) is 5.75 Å². The quantitative estimate of drug-likeness (QED) is 0.468. The van der Waals surface area contributed by atoms with E-state index in [1.54, 1.807) is 7.11 Å². The van der Waals surface area contributed by atoms with Gasteiger partial charge in [0.2, 0.25) is 0 Å². The molecule has 0 bridgehead atoms. The molecule has 1 rings (SSSR count). The fourth-order valence-electron chi connectivity index (χ4n) is 2.27. The van der Waals surface area contributed by atoms with E-state index in [0.29, 0.717) is 11.3 Å². The molecule has 1 atom stereocenters. The number of benzene rings is 1. The molecule has 0 fully saturated rings. The van der Waals surface area contributed by atoms with E-state index in [9.17, 15) is 4.79 Å². The number of unbranched alkanes of at least 4 members (excludes halogenated alkanes) is 3. The number of carbonyl (C=O) groups is 1. The lowest BCUT2D eigenvalue weighted by atomic mass is 10.1. The Kier molecular flexibility index (Phi) is 8.06. The summed E-state index contributed by atoms with van der Waals surface area (Å²) in [5.41, 5.74) is 1.68.